The molecule has 0 atom stereocenters. The third-order valence-corrected chi connectivity index (χ3v) is 6.05. The van der Waals surface area contributed by atoms with Crippen molar-refractivity contribution < 1.29 is 14.3 Å². The van der Waals surface area contributed by atoms with Crippen LogP contribution in [0, 0.1) is 23.7 Å². The van der Waals surface area contributed by atoms with Crippen LogP contribution in [0.1, 0.15) is 129 Å². The van der Waals surface area contributed by atoms with Crippen molar-refractivity contribution >= 4 is 5.91 Å². The molecule has 208 valence electrons. The highest BCUT2D eigenvalue weighted by Gasteiger charge is 2.00. The highest BCUT2D eigenvalue weighted by Crippen LogP contribution is 2.11. The minimum Gasteiger partial charge on any atom is -0.378 e. The van der Waals surface area contributed by atoms with E-state index in [2.05, 4.69) is 35.9 Å². The van der Waals surface area contributed by atoms with Crippen molar-refractivity contribution in [2.75, 3.05) is 39.5 Å². The first-order chi connectivity index (χ1) is 17.8. The predicted molar refractivity (Wildman–Crippen MR) is 153 cm³/mol. The number of ether oxygens (including phenoxy) is 2. The van der Waals surface area contributed by atoms with E-state index in [9.17, 15) is 4.79 Å². The molecule has 0 radical (unpaired) electrons. The number of nitrogens with two attached hydrogens (primary N) is 1. The lowest BCUT2D eigenvalue weighted by molar-refractivity contribution is -0.121. The number of hydrogen-bond donors (Lipinski definition) is 2. The molecule has 0 heterocycles. The minimum absolute atomic E-state index is 0.113. The molecule has 0 bridgehead atoms. The SMILES string of the molecule is CCCCCCCCCCCCC#CC#CCCCCCCCCC(=O)NCCOCCOCCN. The molecule has 0 aromatic carbocycles. The van der Waals surface area contributed by atoms with E-state index in [0.29, 0.717) is 45.9 Å². The van der Waals surface area contributed by atoms with Gasteiger partial charge in [0.15, 0.2) is 0 Å². The number of carbonyl (C=O) groups excluding carboxylic acids is 1. The summed E-state index contributed by atoms with van der Waals surface area (Å²) in [5, 5.41) is 2.90. The summed E-state index contributed by atoms with van der Waals surface area (Å²) >= 11 is 0. The van der Waals surface area contributed by atoms with Gasteiger partial charge in [-0.1, -0.05) is 102 Å². The van der Waals surface area contributed by atoms with Crippen molar-refractivity contribution in [2.24, 2.45) is 5.73 Å². The fraction of sp³-hybridized carbons (Fsp3) is 0.839. The molecule has 36 heavy (non-hydrogen) atoms. The highest BCUT2D eigenvalue weighted by molar-refractivity contribution is 5.75. The van der Waals surface area contributed by atoms with Crippen molar-refractivity contribution in [3.05, 3.63) is 0 Å². The van der Waals surface area contributed by atoms with Crippen LogP contribution in [0.25, 0.3) is 0 Å². The van der Waals surface area contributed by atoms with E-state index < -0.39 is 0 Å². The van der Waals surface area contributed by atoms with Gasteiger partial charge in [0, 0.05) is 32.4 Å². The molecular weight excluding hydrogens is 448 g/mol. The molecule has 5 nitrogen and oxygen atoms in total. The first kappa shape index (κ1) is 34.5. The van der Waals surface area contributed by atoms with Gasteiger partial charge in [-0.15, -0.1) is 0 Å². The molecule has 5 heteroatoms. The summed E-state index contributed by atoms with van der Waals surface area (Å²) in [5.41, 5.74) is 5.33. The Labute approximate surface area is 223 Å². The number of carbonyl (C=O) groups is 1. The lowest BCUT2D eigenvalue weighted by Gasteiger charge is -2.07. The van der Waals surface area contributed by atoms with Crippen LogP contribution in [0.2, 0.25) is 0 Å². The van der Waals surface area contributed by atoms with Crippen LogP contribution in [0.3, 0.4) is 0 Å². The zero-order chi connectivity index (χ0) is 26.2. The number of hydrogen-bond acceptors (Lipinski definition) is 4. The zero-order valence-corrected chi connectivity index (χ0v) is 23.5. The van der Waals surface area contributed by atoms with Crippen LogP contribution in [0.15, 0.2) is 0 Å². The lowest BCUT2D eigenvalue weighted by Crippen LogP contribution is -2.27. The van der Waals surface area contributed by atoms with Crippen molar-refractivity contribution in [3.8, 4) is 23.7 Å². The quantitative estimate of drug-likeness (QED) is 0.104. The summed E-state index contributed by atoms with van der Waals surface area (Å²) in [6.07, 6.45) is 23.0. The van der Waals surface area contributed by atoms with E-state index >= 15 is 0 Å². The average Bonchev–Trinajstić information content (AvgIpc) is 2.88. The largest absolute Gasteiger partial charge is 0.378 e. The smallest absolute Gasteiger partial charge is 0.220 e. The number of rotatable bonds is 26. The van der Waals surface area contributed by atoms with E-state index in [1.54, 1.807) is 0 Å². The van der Waals surface area contributed by atoms with Gasteiger partial charge >= 0.3 is 0 Å². The fourth-order valence-electron chi connectivity index (χ4n) is 3.88. The summed E-state index contributed by atoms with van der Waals surface area (Å²) in [6.45, 7) is 5.52. The Balaban J connectivity index is 3.30. The third kappa shape index (κ3) is 30.5. The topological polar surface area (TPSA) is 73.6 Å². The summed E-state index contributed by atoms with van der Waals surface area (Å²) in [4.78, 5) is 11.8. The maximum atomic E-state index is 11.8. The lowest BCUT2D eigenvalue weighted by atomic mass is 10.1. The molecule has 0 fully saturated rings. The van der Waals surface area contributed by atoms with Gasteiger partial charge in [0.1, 0.15) is 0 Å². The van der Waals surface area contributed by atoms with Crippen LogP contribution in [0.5, 0.6) is 0 Å². The Morgan fingerprint density at radius 3 is 1.64 bits per heavy atom. The van der Waals surface area contributed by atoms with Crippen molar-refractivity contribution in [3.63, 3.8) is 0 Å². The second kappa shape index (κ2) is 31.5. The van der Waals surface area contributed by atoms with Crippen LogP contribution >= 0.6 is 0 Å². The standard InChI is InChI=1S/C31H56N2O3/c1-2-3-4-5-6-7-8-9-10-11-12-13-14-15-16-17-18-19-20-21-22-23-24-31(34)33-26-28-36-30-29-35-27-25-32/h2-12,17-30,32H2,1H3,(H,33,34). The average molecular weight is 505 g/mol. The van der Waals surface area contributed by atoms with Gasteiger partial charge in [-0.3, -0.25) is 4.79 Å². The molecule has 0 rings (SSSR count). The van der Waals surface area contributed by atoms with E-state index in [0.717, 1.165) is 32.1 Å². The maximum absolute atomic E-state index is 11.8. The molecule has 0 aromatic rings. The van der Waals surface area contributed by atoms with Gasteiger partial charge in [0.05, 0.1) is 26.4 Å². The molecule has 0 aliphatic carbocycles. The van der Waals surface area contributed by atoms with E-state index in [1.165, 1.54) is 83.5 Å². The van der Waals surface area contributed by atoms with Crippen LogP contribution in [-0.4, -0.2) is 45.4 Å². The molecule has 0 aliphatic heterocycles. The normalized spacial score (nSPS) is 10.4. The molecule has 0 unspecified atom stereocenters. The Hall–Kier alpha value is -1.53. The fourth-order valence-corrected chi connectivity index (χ4v) is 3.88. The molecule has 0 aliphatic rings. The first-order valence-corrected chi connectivity index (χ1v) is 14.9. The molecule has 0 aromatic heterocycles. The van der Waals surface area contributed by atoms with Gasteiger partial charge in [-0.05, 0) is 31.1 Å². The summed E-state index contributed by atoms with van der Waals surface area (Å²) < 4.78 is 10.6. The van der Waals surface area contributed by atoms with E-state index in [1.807, 2.05) is 0 Å². The summed E-state index contributed by atoms with van der Waals surface area (Å²) in [6, 6.07) is 0. The molecule has 0 spiro atoms. The van der Waals surface area contributed by atoms with E-state index in [4.69, 9.17) is 15.2 Å². The second-order valence-electron chi connectivity index (χ2n) is 9.52. The van der Waals surface area contributed by atoms with Crippen molar-refractivity contribution in [1.82, 2.24) is 5.32 Å². The number of amides is 1. The molecule has 1 amide bonds. The van der Waals surface area contributed by atoms with Crippen molar-refractivity contribution in [1.29, 1.82) is 0 Å². The van der Waals surface area contributed by atoms with Crippen LogP contribution < -0.4 is 11.1 Å². The molecular formula is C31H56N2O3. The van der Waals surface area contributed by atoms with Gasteiger partial charge in [0.2, 0.25) is 5.91 Å². The minimum atomic E-state index is 0.113. The summed E-state index contributed by atoms with van der Waals surface area (Å²) in [7, 11) is 0. The monoisotopic (exact) mass is 504 g/mol. The zero-order valence-electron chi connectivity index (χ0n) is 23.5. The number of unbranched alkanes of at least 4 members (excludes halogenated alkanes) is 16. The van der Waals surface area contributed by atoms with Gasteiger partial charge in [0.25, 0.3) is 0 Å². The van der Waals surface area contributed by atoms with Crippen LogP contribution in [0.4, 0.5) is 0 Å². The third-order valence-electron chi connectivity index (χ3n) is 6.05. The molecule has 3 N–H and O–H groups in total. The Morgan fingerprint density at radius 2 is 1.11 bits per heavy atom. The Morgan fingerprint density at radius 1 is 0.639 bits per heavy atom. The number of nitrogens with one attached hydrogen (secondary N) is 1. The van der Waals surface area contributed by atoms with Gasteiger partial charge < -0.3 is 20.5 Å². The Bertz CT molecular complexity index is 586. The highest BCUT2D eigenvalue weighted by atomic mass is 16.5. The van der Waals surface area contributed by atoms with Crippen molar-refractivity contribution in [2.45, 2.75) is 129 Å². The molecule has 0 saturated heterocycles. The van der Waals surface area contributed by atoms with Gasteiger partial charge in [-0.2, -0.15) is 0 Å². The van der Waals surface area contributed by atoms with E-state index in [-0.39, 0.29) is 5.91 Å². The van der Waals surface area contributed by atoms with Gasteiger partial charge in [-0.25, -0.2) is 0 Å². The maximum Gasteiger partial charge on any atom is 0.220 e. The molecule has 0 saturated carbocycles. The van der Waals surface area contributed by atoms with Crippen LogP contribution in [-0.2, 0) is 14.3 Å². The second-order valence-corrected chi connectivity index (χ2v) is 9.52. The predicted octanol–water partition coefficient (Wildman–Crippen LogP) is 6.53. The first-order valence-electron chi connectivity index (χ1n) is 14.9. The Kier molecular flexibility index (Phi) is 30.2. The summed E-state index contributed by atoms with van der Waals surface area (Å²) in [5.74, 6) is 12.5.